The Kier molecular flexibility index (Phi) is 6.70. The molecule has 0 spiro atoms. The molecule has 0 aliphatic carbocycles. The number of hydrogen-bond donors (Lipinski definition) is 6. The number of rotatable bonds is 2. The van der Waals surface area contributed by atoms with E-state index in [0.29, 0.717) is 0 Å². The van der Waals surface area contributed by atoms with Crippen molar-refractivity contribution >= 4 is 30.8 Å². The highest BCUT2D eigenvalue weighted by Gasteiger charge is 2.42. The number of H-pyrrole nitrogens is 1. The molecular weight excluding hydrogens is 299 g/mol. The second-order valence-electron chi connectivity index (χ2n) is 3.97. The summed E-state index contributed by atoms with van der Waals surface area (Å²) in [5.41, 5.74) is 4.98. The van der Waals surface area contributed by atoms with E-state index in [9.17, 15) is 15.0 Å². The topological polar surface area (TPSA) is 144 Å². The first-order chi connectivity index (χ1) is 8.04. The molecular formula is C9H16Cl2N4O4. The fraction of sp³-hybridized carbons (Fsp3) is 0.556. The smallest absolute Gasteiger partial charge is 0.257 e. The molecule has 1 aliphatic heterocycles. The van der Waals surface area contributed by atoms with Gasteiger partial charge < -0.3 is 21.1 Å². The van der Waals surface area contributed by atoms with E-state index in [0.717, 1.165) is 0 Å². The lowest BCUT2D eigenvalue weighted by Crippen LogP contribution is -2.36. The van der Waals surface area contributed by atoms with Gasteiger partial charge in [-0.05, 0) is 0 Å². The maximum absolute atomic E-state index is 11.6. The lowest BCUT2D eigenvalue weighted by atomic mass is 10.0. The minimum Gasteiger partial charge on any atom is -0.395 e. The van der Waals surface area contributed by atoms with Crippen LogP contribution in [0, 0.1) is 0 Å². The minimum atomic E-state index is -1.18. The first-order valence-electron chi connectivity index (χ1n) is 5.12. The molecule has 1 saturated heterocycles. The second kappa shape index (κ2) is 7.04. The molecule has 0 saturated carbocycles. The van der Waals surface area contributed by atoms with E-state index < -0.39 is 29.9 Å². The zero-order valence-electron chi connectivity index (χ0n) is 9.68. The average Bonchev–Trinajstić information content (AvgIpc) is 2.57. The molecule has 4 atom stereocenters. The summed E-state index contributed by atoms with van der Waals surface area (Å²) in [6, 6.07) is -1.45. The minimum absolute atomic E-state index is 0. The van der Waals surface area contributed by atoms with Crippen LogP contribution in [0.5, 0.6) is 0 Å². The number of halogens is 2. The Morgan fingerprint density at radius 1 is 1.32 bits per heavy atom. The van der Waals surface area contributed by atoms with Crippen molar-refractivity contribution in [3.63, 3.8) is 0 Å². The van der Waals surface area contributed by atoms with Gasteiger partial charge in [-0.15, -0.1) is 24.8 Å². The molecule has 10 heteroatoms. The van der Waals surface area contributed by atoms with E-state index in [4.69, 9.17) is 10.8 Å². The van der Waals surface area contributed by atoms with Crippen molar-refractivity contribution in [1.82, 2.24) is 15.3 Å². The van der Waals surface area contributed by atoms with Gasteiger partial charge >= 0.3 is 0 Å². The van der Waals surface area contributed by atoms with Crippen LogP contribution in [-0.4, -0.2) is 50.1 Å². The highest BCUT2D eigenvalue weighted by atomic mass is 35.5. The molecule has 19 heavy (non-hydrogen) atoms. The van der Waals surface area contributed by atoms with Crippen LogP contribution in [0.25, 0.3) is 0 Å². The zero-order chi connectivity index (χ0) is 12.6. The van der Waals surface area contributed by atoms with E-state index >= 15 is 0 Å². The van der Waals surface area contributed by atoms with Gasteiger partial charge in [-0.2, -0.15) is 0 Å². The molecule has 1 aliphatic rings. The van der Waals surface area contributed by atoms with Crippen LogP contribution in [0.2, 0.25) is 0 Å². The molecule has 1 aromatic heterocycles. The highest BCUT2D eigenvalue weighted by Crippen LogP contribution is 2.25. The summed E-state index contributed by atoms with van der Waals surface area (Å²) in [7, 11) is 0. The van der Waals surface area contributed by atoms with Crippen LogP contribution in [0.1, 0.15) is 11.6 Å². The fourth-order valence-electron chi connectivity index (χ4n) is 1.94. The fourth-order valence-corrected chi connectivity index (χ4v) is 1.94. The highest BCUT2D eigenvalue weighted by molar-refractivity contribution is 5.85. The summed E-state index contributed by atoms with van der Waals surface area (Å²) in [6.45, 7) is -0.338. The third kappa shape index (κ3) is 3.35. The first kappa shape index (κ1) is 18.1. The number of nitrogen functional groups attached to an aromatic ring is 1. The van der Waals surface area contributed by atoms with Crippen LogP contribution in [0.3, 0.4) is 0 Å². The van der Waals surface area contributed by atoms with Gasteiger partial charge in [-0.1, -0.05) is 0 Å². The first-order valence-corrected chi connectivity index (χ1v) is 5.12. The normalized spacial score (nSPS) is 29.4. The largest absolute Gasteiger partial charge is 0.395 e. The van der Waals surface area contributed by atoms with Crippen molar-refractivity contribution < 1.29 is 15.3 Å². The Balaban J connectivity index is 0.00000162. The predicted octanol–water partition coefficient (Wildman–Crippen LogP) is -2.08. The Hall–Kier alpha value is -0.900. The van der Waals surface area contributed by atoms with Gasteiger partial charge in [0.2, 0.25) is 0 Å². The monoisotopic (exact) mass is 314 g/mol. The van der Waals surface area contributed by atoms with Crippen LogP contribution in [0.15, 0.2) is 11.0 Å². The number of aliphatic hydroxyl groups excluding tert-OH is 3. The molecule has 7 N–H and O–H groups in total. The van der Waals surface area contributed by atoms with Crippen LogP contribution < -0.4 is 16.6 Å². The number of anilines is 1. The van der Waals surface area contributed by atoms with Crippen LogP contribution >= 0.6 is 24.8 Å². The summed E-state index contributed by atoms with van der Waals surface area (Å²) in [5, 5.41) is 31.1. The van der Waals surface area contributed by atoms with Crippen molar-refractivity contribution in [2.24, 2.45) is 0 Å². The maximum Gasteiger partial charge on any atom is 0.257 e. The quantitative estimate of drug-likeness (QED) is 0.367. The van der Waals surface area contributed by atoms with Crippen LogP contribution in [0.4, 0.5) is 5.95 Å². The molecule has 0 amide bonds. The van der Waals surface area contributed by atoms with Gasteiger partial charge in [-0.3, -0.25) is 15.1 Å². The summed E-state index contributed by atoms with van der Waals surface area (Å²) in [4.78, 5) is 17.6. The lowest BCUT2D eigenvalue weighted by molar-refractivity contribution is 0.0193. The van der Waals surface area contributed by atoms with Crippen molar-refractivity contribution in [2.75, 3.05) is 12.3 Å². The van der Waals surface area contributed by atoms with E-state index in [1.807, 2.05) is 0 Å². The Labute approximate surface area is 120 Å². The lowest BCUT2D eigenvalue weighted by Gasteiger charge is -2.14. The number of hydrogen-bond acceptors (Lipinski definition) is 7. The molecule has 0 aromatic carbocycles. The van der Waals surface area contributed by atoms with Crippen molar-refractivity contribution in [3.8, 4) is 0 Å². The molecule has 0 bridgehead atoms. The molecule has 110 valence electrons. The Morgan fingerprint density at radius 2 is 1.95 bits per heavy atom. The molecule has 8 nitrogen and oxygen atoms in total. The third-order valence-electron chi connectivity index (χ3n) is 2.88. The number of aromatic nitrogens is 2. The Bertz CT molecular complexity index is 472. The number of aliphatic hydroxyl groups is 3. The van der Waals surface area contributed by atoms with Gasteiger partial charge in [0.05, 0.1) is 30.4 Å². The molecule has 1 aromatic rings. The molecule has 2 rings (SSSR count). The molecule has 2 heterocycles. The number of nitrogens with one attached hydrogen (secondary N) is 2. The van der Waals surface area contributed by atoms with Gasteiger partial charge in [0.1, 0.15) is 6.10 Å². The number of nitrogens with two attached hydrogens (primary N) is 1. The van der Waals surface area contributed by atoms with E-state index in [-0.39, 0.29) is 42.9 Å². The summed E-state index contributed by atoms with van der Waals surface area (Å²) in [5.74, 6) is -0.0227. The van der Waals surface area contributed by atoms with Crippen molar-refractivity contribution in [3.05, 3.63) is 22.1 Å². The zero-order valence-corrected chi connectivity index (χ0v) is 11.3. The second-order valence-corrected chi connectivity index (χ2v) is 3.97. The molecule has 0 unspecified atom stereocenters. The van der Waals surface area contributed by atoms with Gasteiger partial charge in [-0.25, -0.2) is 4.98 Å². The third-order valence-corrected chi connectivity index (χ3v) is 2.88. The van der Waals surface area contributed by atoms with Crippen molar-refractivity contribution in [2.45, 2.75) is 24.3 Å². The Morgan fingerprint density at radius 3 is 2.42 bits per heavy atom. The van der Waals surface area contributed by atoms with Crippen molar-refractivity contribution in [1.29, 1.82) is 0 Å². The van der Waals surface area contributed by atoms with Gasteiger partial charge in [0.15, 0.2) is 5.95 Å². The SMILES string of the molecule is Cl.Cl.Nc1ncc([C@@H]2N[C@H](CO)[C@@H](O)[C@H]2O)c(=O)[nH]1. The van der Waals surface area contributed by atoms with E-state index in [2.05, 4.69) is 15.3 Å². The summed E-state index contributed by atoms with van der Waals surface area (Å²) in [6.07, 6.45) is -1.08. The molecule has 0 radical (unpaired) electrons. The van der Waals surface area contributed by atoms with E-state index in [1.165, 1.54) is 6.20 Å². The van der Waals surface area contributed by atoms with Gasteiger partial charge in [0.25, 0.3) is 5.56 Å². The summed E-state index contributed by atoms with van der Waals surface area (Å²) >= 11 is 0. The average molecular weight is 315 g/mol. The summed E-state index contributed by atoms with van der Waals surface area (Å²) < 4.78 is 0. The molecule has 1 fully saturated rings. The standard InChI is InChI=1S/C9H14N4O4.2ClH/c10-9-11-1-3(8(17)13-9)5-7(16)6(15)4(2-14)12-5;;/h1,4-7,12,14-16H,2H2,(H3,10,11,13,17);2*1H/t4-,5+,6-,7+;;/m1../s1. The van der Waals surface area contributed by atoms with Crippen LogP contribution in [-0.2, 0) is 0 Å². The number of nitrogens with zero attached hydrogens (tertiary/aromatic N) is 1. The van der Waals surface area contributed by atoms with Gasteiger partial charge in [0, 0.05) is 6.20 Å². The number of aromatic amines is 1. The van der Waals surface area contributed by atoms with E-state index in [1.54, 1.807) is 0 Å². The predicted molar refractivity (Wildman–Crippen MR) is 72.5 cm³/mol. The maximum atomic E-state index is 11.6.